The highest BCUT2D eigenvalue weighted by molar-refractivity contribution is 5.85. The van der Waals surface area contributed by atoms with E-state index in [-0.39, 0.29) is 12.4 Å². The Hall–Kier alpha value is 0.210. The summed E-state index contributed by atoms with van der Waals surface area (Å²) in [6, 6.07) is 0. The third-order valence-electron chi connectivity index (χ3n) is 4.87. The fourth-order valence-electron chi connectivity index (χ4n) is 4.76. The maximum atomic E-state index is 8.84. The van der Waals surface area contributed by atoms with Gasteiger partial charge < -0.3 is 10.4 Å². The Labute approximate surface area is 105 Å². The largest absolute Gasteiger partial charge is 0.396 e. The Kier molecular flexibility index (Phi) is 3.82. The molecule has 0 aromatic rings. The number of halogens is 1. The van der Waals surface area contributed by atoms with E-state index in [2.05, 4.69) is 5.32 Å². The monoisotopic (exact) mass is 245 g/mol. The zero-order chi connectivity index (χ0) is 10.3. The molecule has 0 aromatic heterocycles. The standard InChI is InChI=1S/C13H23NO.ClH/c15-3-1-2-14-13-7-10-4-11(8-13)6-12(5-10)9-13;/h10-12,14-15H,1-9H2;1H. The van der Waals surface area contributed by atoms with Crippen molar-refractivity contribution in [1.29, 1.82) is 0 Å². The second-order valence-electron chi connectivity index (χ2n) is 6.20. The van der Waals surface area contributed by atoms with Crippen LogP contribution in [0.1, 0.15) is 44.9 Å². The van der Waals surface area contributed by atoms with Crippen LogP contribution in [0.15, 0.2) is 0 Å². The van der Waals surface area contributed by atoms with Gasteiger partial charge in [-0.3, -0.25) is 0 Å². The van der Waals surface area contributed by atoms with E-state index in [0.717, 1.165) is 30.7 Å². The van der Waals surface area contributed by atoms with Crippen LogP contribution in [0.25, 0.3) is 0 Å². The summed E-state index contributed by atoms with van der Waals surface area (Å²) >= 11 is 0. The normalized spacial score (nSPS) is 44.4. The van der Waals surface area contributed by atoms with E-state index in [4.69, 9.17) is 5.11 Å². The third-order valence-corrected chi connectivity index (χ3v) is 4.87. The molecule has 2 nitrogen and oxygen atoms in total. The lowest BCUT2D eigenvalue weighted by Crippen LogP contribution is -2.58. The number of aliphatic hydroxyl groups excluding tert-OH is 1. The van der Waals surface area contributed by atoms with Gasteiger partial charge in [0.15, 0.2) is 0 Å². The number of rotatable bonds is 4. The van der Waals surface area contributed by atoms with E-state index in [1.54, 1.807) is 0 Å². The average Bonchev–Trinajstić information content (AvgIpc) is 2.15. The SMILES string of the molecule is Cl.OCCCNC12CC3CC(CC(C3)C1)C2. The molecule has 4 bridgehead atoms. The molecule has 16 heavy (non-hydrogen) atoms. The summed E-state index contributed by atoms with van der Waals surface area (Å²) in [5.74, 6) is 3.08. The predicted molar refractivity (Wildman–Crippen MR) is 67.9 cm³/mol. The Morgan fingerprint density at radius 2 is 1.50 bits per heavy atom. The van der Waals surface area contributed by atoms with Crippen molar-refractivity contribution < 1.29 is 5.11 Å². The molecule has 4 rings (SSSR count). The van der Waals surface area contributed by atoms with Gasteiger partial charge in [-0.25, -0.2) is 0 Å². The lowest BCUT2D eigenvalue weighted by atomic mass is 9.53. The zero-order valence-corrected chi connectivity index (χ0v) is 10.8. The number of hydrogen-bond acceptors (Lipinski definition) is 2. The van der Waals surface area contributed by atoms with E-state index in [1.807, 2.05) is 0 Å². The van der Waals surface area contributed by atoms with Gasteiger partial charge in [-0.1, -0.05) is 0 Å². The Morgan fingerprint density at radius 1 is 1.00 bits per heavy atom. The van der Waals surface area contributed by atoms with Crippen LogP contribution in [0.5, 0.6) is 0 Å². The molecular formula is C13H24ClNO. The number of hydrogen-bond donors (Lipinski definition) is 2. The summed E-state index contributed by atoms with van der Waals surface area (Å²) in [5.41, 5.74) is 0.490. The average molecular weight is 246 g/mol. The van der Waals surface area contributed by atoms with Crippen LogP contribution in [-0.2, 0) is 0 Å². The summed E-state index contributed by atoms with van der Waals surface area (Å²) in [5, 5.41) is 12.6. The second-order valence-corrected chi connectivity index (χ2v) is 6.20. The van der Waals surface area contributed by atoms with E-state index >= 15 is 0 Å². The van der Waals surface area contributed by atoms with E-state index in [1.165, 1.54) is 38.5 Å². The first kappa shape index (κ1) is 12.7. The molecular weight excluding hydrogens is 222 g/mol. The van der Waals surface area contributed by atoms with Crippen LogP contribution in [0, 0.1) is 17.8 Å². The fourth-order valence-corrected chi connectivity index (χ4v) is 4.76. The highest BCUT2D eigenvalue weighted by Gasteiger charge is 2.50. The van der Waals surface area contributed by atoms with Crippen LogP contribution in [0.4, 0.5) is 0 Å². The van der Waals surface area contributed by atoms with Gasteiger partial charge in [-0.05, 0) is 69.2 Å². The molecule has 2 N–H and O–H groups in total. The van der Waals surface area contributed by atoms with Crippen molar-refractivity contribution in [3.05, 3.63) is 0 Å². The number of aliphatic hydroxyl groups is 1. The summed E-state index contributed by atoms with van der Waals surface area (Å²) in [6.45, 7) is 1.35. The topological polar surface area (TPSA) is 32.3 Å². The minimum absolute atomic E-state index is 0. The molecule has 4 fully saturated rings. The minimum atomic E-state index is 0. The van der Waals surface area contributed by atoms with Crippen LogP contribution in [0.2, 0.25) is 0 Å². The molecule has 0 spiro atoms. The van der Waals surface area contributed by atoms with Crippen molar-refractivity contribution in [2.24, 2.45) is 17.8 Å². The Balaban J connectivity index is 0.000000963. The smallest absolute Gasteiger partial charge is 0.0443 e. The molecule has 0 aliphatic heterocycles. The molecule has 0 saturated heterocycles. The Bertz CT molecular complexity index is 209. The van der Waals surface area contributed by atoms with E-state index in [9.17, 15) is 0 Å². The predicted octanol–water partition coefficient (Wildman–Crippen LogP) is 2.35. The summed E-state index contributed by atoms with van der Waals surface area (Å²) in [4.78, 5) is 0. The molecule has 4 saturated carbocycles. The van der Waals surface area contributed by atoms with Crippen molar-refractivity contribution >= 4 is 12.4 Å². The molecule has 4 aliphatic carbocycles. The second kappa shape index (κ2) is 4.83. The maximum Gasteiger partial charge on any atom is 0.0443 e. The quantitative estimate of drug-likeness (QED) is 0.746. The first-order chi connectivity index (χ1) is 7.30. The molecule has 3 heteroatoms. The van der Waals surface area contributed by atoms with Crippen molar-refractivity contribution in [3.8, 4) is 0 Å². The highest BCUT2D eigenvalue weighted by atomic mass is 35.5. The van der Waals surface area contributed by atoms with Gasteiger partial charge in [0.25, 0.3) is 0 Å². The maximum absolute atomic E-state index is 8.84. The van der Waals surface area contributed by atoms with E-state index in [0.29, 0.717) is 12.1 Å². The van der Waals surface area contributed by atoms with Crippen LogP contribution in [-0.4, -0.2) is 23.8 Å². The van der Waals surface area contributed by atoms with Crippen LogP contribution >= 0.6 is 12.4 Å². The van der Waals surface area contributed by atoms with Crippen LogP contribution < -0.4 is 5.32 Å². The van der Waals surface area contributed by atoms with Gasteiger partial charge in [0.2, 0.25) is 0 Å². The zero-order valence-electron chi connectivity index (χ0n) is 9.95. The van der Waals surface area contributed by atoms with Gasteiger partial charge in [0, 0.05) is 12.1 Å². The van der Waals surface area contributed by atoms with Crippen LogP contribution in [0.3, 0.4) is 0 Å². The summed E-state index contributed by atoms with van der Waals surface area (Å²) in [7, 11) is 0. The van der Waals surface area contributed by atoms with Crippen molar-refractivity contribution in [2.75, 3.05) is 13.2 Å². The molecule has 4 aliphatic rings. The molecule has 0 aromatic carbocycles. The fraction of sp³-hybridized carbons (Fsp3) is 1.00. The van der Waals surface area contributed by atoms with Gasteiger partial charge in [-0.2, -0.15) is 0 Å². The molecule has 0 heterocycles. The lowest BCUT2D eigenvalue weighted by molar-refractivity contribution is -0.0199. The van der Waals surface area contributed by atoms with Gasteiger partial charge in [-0.15, -0.1) is 12.4 Å². The van der Waals surface area contributed by atoms with Gasteiger partial charge in [0.05, 0.1) is 0 Å². The molecule has 0 atom stereocenters. The summed E-state index contributed by atoms with van der Waals surface area (Å²) in [6.07, 6.45) is 9.73. The first-order valence-corrected chi connectivity index (χ1v) is 6.65. The van der Waals surface area contributed by atoms with E-state index < -0.39 is 0 Å². The molecule has 0 radical (unpaired) electrons. The third kappa shape index (κ3) is 2.25. The molecule has 94 valence electrons. The number of nitrogens with one attached hydrogen (secondary N) is 1. The minimum Gasteiger partial charge on any atom is -0.396 e. The highest BCUT2D eigenvalue weighted by Crippen LogP contribution is 2.55. The lowest BCUT2D eigenvalue weighted by Gasteiger charge is -2.57. The van der Waals surface area contributed by atoms with Crippen molar-refractivity contribution in [1.82, 2.24) is 5.32 Å². The van der Waals surface area contributed by atoms with Crippen molar-refractivity contribution in [3.63, 3.8) is 0 Å². The first-order valence-electron chi connectivity index (χ1n) is 6.65. The molecule has 0 unspecified atom stereocenters. The van der Waals surface area contributed by atoms with Gasteiger partial charge in [0.1, 0.15) is 0 Å². The Morgan fingerprint density at radius 3 is 1.94 bits per heavy atom. The molecule has 0 amide bonds. The van der Waals surface area contributed by atoms with Crippen molar-refractivity contribution in [2.45, 2.75) is 50.5 Å². The van der Waals surface area contributed by atoms with Gasteiger partial charge >= 0.3 is 0 Å². The summed E-state index contributed by atoms with van der Waals surface area (Å²) < 4.78 is 0.